The highest BCUT2D eigenvalue weighted by atomic mass is 16.5. The van der Waals surface area contributed by atoms with Gasteiger partial charge in [0.1, 0.15) is 5.60 Å². The lowest BCUT2D eigenvalue weighted by molar-refractivity contribution is -0.00631. The van der Waals surface area contributed by atoms with E-state index in [1.54, 1.807) is 14.0 Å². The van der Waals surface area contributed by atoms with Crippen molar-refractivity contribution in [3.8, 4) is 0 Å². The quantitative estimate of drug-likeness (QED) is 0.811. The molecule has 1 atom stereocenters. The summed E-state index contributed by atoms with van der Waals surface area (Å²) in [5.41, 5.74) is 0.179. The highest BCUT2D eigenvalue weighted by molar-refractivity contribution is 5.88. The minimum absolute atomic E-state index is 0.108. The van der Waals surface area contributed by atoms with Crippen molar-refractivity contribution in [2.75, 3.05) is 32.2 Å². The molecule has 0 bridgehead atoms. The lowest BCUT2D eigenvalue weighted by Gasteiger charge is -2.25. The van der Waals surface area contributed by atoms with E-state index in [9.17, 15) is 4.79 Å². The van der Waals surface area contributed by atoms with Gasteiger partial charge in [-0.25, -0.2) is 14.8 Å². The predicted octanol–water partition coefficient (Wildman–Crippen LogP) is 0.701. The second-order valence-corrected chi connectivity index (χ2v) is 4.54. The summed E-state index contributed by atoms with van der Waals surface area (Å²) in [5.74, 6) is -0.632. The summed E-state index contributed by atoms with van der Waals surface area (Å²) in [6.07, 6.45) is 2.11. The molecular weight excluding hydrogens is 250 g/mol. The van der Waals surface area contributed by atoms with Gasteiger partial charge in [-0.1, -0.05) is 0 Å². The van der Waals surface area contributed by atoms with Crippen LogP contribution in [-0.4, -0.2) is 53.5 Å². The van der Waals surface area contributed by atoms with Gasteiger partial charge in [0.05, 0.1) is 17.9 Å². The number of carboxylic acid groups (broad SMARTS) is 1. The number of methoxy groups -OCH3 is 1. The van der Waals surface area contributed by atoms with Crippen molar-refractivity contribution in [3.63, 3.8) is 0 Å². The molecule has 2 rings (SSSR count). The number of aryl methyl sites for hydroxylation is 1. The van der Waals surface area contributed by atoms with Gasteiger partial charge < -0.3 is 19.9 Å². The van der Waals surface area contributed by atoms with Crippen LogP contribution in [0.5, 0.6) is 0 Å². The van der Waals surface area contributed by atoms with Gasteiger partial charge in [-0.3, -0.25) is 0 Å². The Hall–Kier alpha value is -1.73. The van der Waals surface area contributed by atoms with E-state index >= 15 is 0 Å². The summed E-state index contributed by atoms with van der Waals surface area (Å²) in [7, 11) is 1.65. The smallest absolute Gasteiger partial charge is 0.339 e. The maximum atomic E-state index is 10.9. The van der Waals surface area contributed by atoms with Crippen LogP contribution in [0.2, 0.25) is 0 Å². The Bertz CT molecular complexity index is 472. The molecule has 1 aromatic heterocycles. The molecule has 104 valence electrons. The Balaban J connectivity index is 2.03. The summed E-state index contributed by atoms with van der Waals surface area (Å²) >= 11 is 0. The summed E-state index contributed by atoms with van der Waals surface area (Å²) < 4.78 is 10.8. The monoisotopic (exact) mass is 267 g/mol. The van der Waals surface area contributed by atoms with Crippen LogP contribution in [0, 0.1) is 6.92 Å². The van der Waals surface area contributed by atoms with Gasteiger partial charge in [-0.05, 0) is 6.92 Å². The second kappa shape index (κ2) is 5.50. The SMILES string of the molecule is COC1(CNc2ncc(C(=O)O)c(C)n2)CCOC1. The van der Waals surface area contributed by atoms with Crippen LogP contribution in [0.3, 0.4) is 0 Å². The van der Waals surface area contributed by atoms with E-state index < -0.39 is 5.97 Å². The Morgan fingerprint density at radius 2 is 2.47 bits per heavy atom. The van der Waals surface area contributed by atoms with E-state index in [0.717, 1.165) is 6.42 Å². The molecule has 0 spiro atoms. The maximum absolute atomic E-state index is 10.9. The summed E-state index contributed by atoms with van der Waals surface area (Å²) in [6.45, 7) is 3.37. The largest absolute Gasteiger partial charge is 0.478 e. The van der Waals surface area contributed by atoms with Crippen molar-refractivity contribution in [1.82, 2.24) is 9.97 Å². The first-order valence-electron chi connectivity index (χ1n) is 6.00. The van der Waals surface area contributed by atoms with Gasteiger partial charge in [0.25, 0.3) is 0 Å². The van der Waals surface area contributed by atoms with Crippen molar-refractivity contribution < 1.29 is 19.4 Å². The third-order valence-corrected chi connectivity index (χ3v) is 3.28. The second-order valence-electron chi connectivity index (χ2n) is 4.54. The highest BCUT2D eigenvalue weighted by Crippen LogP contribution is 2.22. The third kappa shape index (κ3) is 2.99. The molecule has 2 N–H and O–H groups in total. The molecule has 1 fully saturated rings. The van der Waals surface area contributed by atoms with E-state index in [4.69, 9.17) is 14.6 Å². The van der Waals surface area contributed by atoms with E-state index in [1.807, 2.05) is 0 Å². The lowest BCUT2D eigenvalue weighted by atomic mass is 10.0. The maximum Gasteiger partial charge on any atom is 0.339 e. The van der Waals surface area contributed by atoms with Crippen molar-refractivity contribution in [2.24, 2.45) is 0 Å². The number of carbonyl (C=O) groups is 1. The first kappa shape index (κ1) is 13.7. The van der Waals surface area contributed by atoms with Gasteiger partial charge >= 0.3 is 5.97 Å². The molecule has 1 unspecified atom stereocenters. The van der Waals surface area contributed by atoms with Crippen molar-refractivity contribution in [1.29, 1.82) is 0 Å². The number of aromatic nitrogens is 2. The number of rotatable bonds is 5. The van der Waals surface area contributed by atoms with Gasteiger partial charge in [-0.15, -0.1) is 0 Å². The van der Waals surface area contributed by atoms with E-state index in [-0.39, 0.29) is 11.2 Å². The fourth-order valence-electron chi connectivity index (χ4n) is 1.96. The molecule has 1 aromatic rings. The molecule has 1 aliphatic rings. The number of carboxylic acids is 1. The normalized spacial score (nSPS) is 22.4. The van der Waals surface area contributed by atoms with E-state index in [1.165, 1.54) is 6.20 Å². The molecule has 2 heterocycles. The molecule has 7 heteroatoms. The molecule has 0 aliphatic carbocycles. The van der Waals surface area contributed by atoms with E-state index in [2.05, 4.69) is 15.3 Å². The zero-order valence-electron chi connectivity index (χ0n) is 11.0. The van der Waals surface area contributed by atoms with Crippen LogP contribution in [-0.2, 0) is 9.47 Å². The fraction of sp³-hybridized carbons (Fsp3) is 0.583. The molecule has 0 amide bonds. The average molecular weight is 267 g/mol. The molecule has 1 saturated heterocycles. The molecular formula is C12H17N3O4. The van der Waals surface area contributed by atoms with Crippen LogP contribution in [0.4, 0.5) is 5.95 Å². The zero-order chi connectivity index (χ0) is 13.9. The average Bonchev–Trinajstić information content (AvgIpc) is 2.85. The minimum atomic E-state index is -1.03. The topological polar surface area (TPSA) is 93.6 Å². The van der Waals surface area contributed by atoms with Gasteiger partial charge in [0.2, 0.25) is 5.95 Å². The van der Waals surface area contributed by atoms with Crippen LogP contribution >= 0.6 is 0 Å². The van der Waals surface area contributed by atoms with Crippen molar-refractivity contribution >= 4 is 11.9 Å². The summed E-state index contributed by atoms with van der Waals surface area (Å²) in [5, 5.41) is 12.0. The fourth-order valence-corrected chi connectivity index (χ4v) is 1.96. The minimum Gasteiger partial charge on any atom is -0.478 e. The first-order valence-corrected chi connectivity index (χ1v) is 6.00. The molecule has 7 nitrogen and oxygen atoms in total. The molecule has 0 aromatic carbocycles. The van der Waals surface area contributed by atoms with Crippen LogP contribution < -0.4 is 5.32 Å². The Morgan fingerprint density at radius 1 is 1.68 bits per heavy atom. The number of ether oxygens (including phenoxy) is 2. The number of hydrogen-bond acceptors (Lipinski definition) is 6. The van der Waals surface area contributed by atoms with Crippen LogP contribution in [0.15, 0.2) is 6.20 Å². The van der Waals surface area contributed by atoms with Crippen LogP contribution in [0.1, 0.15) is 22.5 Å². The summed E-state index contributed by atoms with van der Waals surface area (Å²) in [6, 6.07) is 0. The Kier molecular flexibility index (Phi) is 3.96. The van der Waals surface area contributed by atoms with Gasteiger partial charge in [0.15, 0.2) is 0 Å². The number of aromatic carboxylic acids is 1. The molecule has 0 saturated carbocycles. The lowest BCUT2D eigenvalue weighted by Crippen LogP contribution is -2.40. The number of anilines is 1. The van der Waals surface area contributed by atoms with Crippen molar-refractivity contribution in [3.05, 3.63) is 17.5 Å². The number of nitrogens with zero attached hydrogens (tertiary/aromatic N) is 2. The summed E-state index contributed by atoms with van der Waals surface area (Å²) in [4.78, 5) is 19.0. The molecule has 19 heavy (non-hydrogen) atoms. The van der Waals surface area contributed by atoms with Gasteiger partial charge in [-0.2, -0.15) is 0 Å². The highest BCUT2D eigenvalue weighted by Gasteiger charge is 2.34. The van der Waals surface area contributed by atoms with Crippen LogP contribution in [0.25, 0.3) is 0 Å². The predicted molar refractivity (Wildman–Crippen MR) is 67.4 cm³/mol. The van der Waals surface area contributed by atoms with Crippen molar-refractivity contribution in [2.45, 2.75) is 18.9 Å². The third-order valence-electron chi connectivity index (χ3n) is 3.28. The zero-order valence-corrected chi connectivity index (χ0v) is 11.0. The van der Waals surface area contributed by atoms with E-state index in [0.29, 0.717) is 31.4 Å². The Labute approximate surface area is 111 Å². The number of nitrogens with one attached hydrogen (secondary N) is 1. The Morgan fingerprint density at radius 3 is 3.00 bits per heavy atom. The van der Waals surface area contributed by atoms with Gasteiger partial charge in [0, 0.05) is 32.9 Å². The molecule has 1 aliphatic heterocycles. The molecule has 0 radical (unpaired) electrons. The standard InChI is InChI=1S/C12H17N3O4/c1-8-9(10(16)17)5-13-11(15-8)14-6-12(18-2)3-4-19-7-12/h5H,3-4,6-7H2,1-2H3,(H,16,17)(H,13,14,15). The first-order chi connectivity index (χ1) is 9.06. The number of hydrogen-bond donors (Lipinski definition) is 2.